The molecule has 13 heteroatoms. The van der Waals surface area contributed by atoms with Gasteiger partial charge < -0.3 is 44.7 Å². The van der Waals surface area contributed by atoms with Gasteiger partial charge in [0.15, 0.2) is 0 Å². The molecule has 0 aromatic carbocycles. The topological polar surface area (TPSA) is 201 Å². The zero-order valence-corrected chi connectivity index (χ0v) is 12.0. The maximum Gasteiger partial charge on any atom is 2.00 e. The molecule has 0 saturated carbocycles. The summed E-state index contributed by atoms with van der Waals surface area (Å²) in [5.74, 6) is -4.12. The molecule has 17 heavy (non-hydrogen) atoms. The first-order valence-electron chi connectivity index (χ1n) is 3.01. The van der Waals surface area contributed by atoms with E-state index in [1.54, 1.807) is 0 Å². The Morgan fingerprint density at radius 3 is 1.18 bits per heavy atom. The minimum absolute atomic E-state index is 0. The number of hydrogen-bond acceptors (Lipinski definition) is 8. The van der Waals surface area contributed by atoms with E-state index in [9.17, 15) is 19.8 Å². The number of carboxylic acids is 2. The first kappa shape index (κ1) is 26.1. The van der Waals surface area contributed by atoms with Crippen LogP contribution < -0.4 is 44.7 Å². The van der Waals surface area contributed by atoms with Crippen LogP contribution in [-0.2, 0) is 30.6 Å². The molecular formula is C4H6NaNiO10P. The summed E-state index contributed by atoms with van der Waals surface area (Å²) < 4.78 is 8.77. The van der Waals surface area contributed by atoms with Crippen molar-refractivity contribution in [3.8, 4) is 0 Å². The summed E-state index contributed by atoms with van der Waals surface area (Å²) in [6, 6.07) is 0. The summed E-state index contributed by atoms with van der Waals surface area (Å²) in [5.41, 5.74) is 0. The quantitative estimate of drug-likeness (QED) is 0.285. The number of aliphatic carboxylic acids is 2. The van der Waals surface area contributed by atoms with Crippen molar-refractivity contribution < 1.29 is 95.3 Å². The summed E-state index contributed by atoms with van der Waals surface area (Å²) in [5, 5.41) is 35.7. The van der Waals surface area contributed by atoms with Crippen LogP contribution in [0.1, 0.15) is 0 Å². The number of aliphatic hydroxyl groups excluding tert-OH is 2. The molecule has 0 rings (SSSR count). The average Bonchev–Trinajstić information content (AvgIpc) is 1.98. The summed E-state index contributed by atoms with van der Waals surface area (Å²) in [4.78, 5) is 42.2. The molecule has 98 valence electrons. The summed E-state index contributed by atoms with van der Waals surface area (Å²) in [6.45, 7) is 0. The van der Waals surface area contributed by atoms with Crippen LogP contribution in [0.15, 0.2) is 0 Å². The molecule has 2 atom stereocenters. The second kappa shape index (κ2) is 11.5. The molecule has 4 N–H and O–H groups in total. The van der Waals surface area contributed by atoms with Crippen LogP contribution in [0.25, 0.3) is 0 Å². The van der Waals surface area contributed by atoms with Crippen LogP contribution in [0.3, 0.4) is 0 Å². The van der Waals surface area contributed by atoms with Gasteiger partial charge in [-0.1, -0.05) is 0 Å². The predicted molar refractivity (Wildman–Crippen MR) is 34.1 cm³/mol. The smallest absolute Gasteiger partial charge is 0.756 e. The summed E-state index contributed by atoms with van der Waals surface area (Å²) in [6.07, 6.45) is -4.88. The first-order chi connectivity index (χ1) is 6.46. The molecule has 0 amide bonds. The van der Waals surface area contributed by atoms with Crippen molar-refractivity contribution in [3.05, 3.63) is 0 Å². The second-order valence-electron chi connectivity index (χ2n) is 2.02. The number of aliphatic hydroxyl groups is 2. The van der Waals surface area contributed by atoms with Gasteiger partial charge in [-0.15, -0.1) is 0 Å². The monoisotopic (exact) mass is 326 g/mol. The standard InChI is InChI=1S/C4H6O6.Na.Ni.H3O4P/c5-1(3(7)8)2(6)4(9)10;;;1-5(2,3)4/h1-2,5-6H,(H,7,8)(H,9,10);;;(H3,1,2,3,4)/q;+1;+2;/p-3. The number of phosphoric acid groups is 1. The predicted octanol–water partition coefficient (Wildman–Crippen LogP) is -9.35. The van der Waals surface area contributed by atoms with Crippen LogP contribution in [0.4, 0.5) is 0 Å². The fourth-order valence-corrected chi connectivity index (χ4v) is 0.258. The molecule has 0 radical (unpaired) electrons. The Hall–Kier alpha value is 0.464. The minimum Gasteiger partial charge on any atom is -0.756 e. The molecule has 0 aliphatic heterocycles. The van der Waals surface area contributed by atoms with Crippen LogP contribution >= 0.6 is 7.82 Å². The van der Waals surface area contributed by atoms with Gasteiger partial charge in [-0.05, 0) is 0 Å². The number of rotatable bonds is 3. The Morgan fingerprint density at radius 1 is 1.00 bits per heavy atom. The number of carboxylic acid groups (broad SMARTS) is 2. The van der Waals surface area contributed by atoms with Gasteiger partial charge in [0.2, 0.25) is 0 Å². The van der Waals surface area contributed by atoms with Crippen molar-refractivity contribution in [2.45, 2.75) is 12.2 Å². The molecule has 0 saturated heterocycles. The Balaban J connectivity index is -0.000000105. The van der Waals surface area contributed by atoms with Crippen molar-refractivity contribution in [2.75, 3.05) is 0 Å². The Morgan fingerprint density at radius 2 is 1.12 bits per heavy atom. The molecule has 10 nitrogen and oxygen atoms in total. The third-order valence-corrected chi connectivity index (χ3v) is 0.782. The van der Waals surface area contributed by atoms with E-state index in [0.717, 1.165) is 0 Å². The van der Waals surface area contributed by atoms with Gasteiger partial charge >= 0.3 is 46.0 Å². The van der Waals surface area contributed by atoms with Crippen LogP contribution in [0.2, 0.25) is 0 Å². The minimum atomic E-state index is -4.89. The number of carbonyl (C=O) groups is 2. The van der Waals surface area contributed by atoms with E-state index in [1.807, 2.05) is 0 Å². The van der Waals surface area contributed by atoms with E-state index in [2.05, 4.69) is 0 Å². The SMILES string of the molecule is O=C([O-])C(O)C(O)C(=O)[O-].O=P([O-])(O)O.[Na+].[Ni+2]. The molecule has 0 bridgehead atoms. The third kappa shape index (κ3) is 22.2. The molecule has 0 aromatic rings. The zero-order valence-electron chi connectivity index (χ0n) is 8.16. The fourth-order valence-electron chi connectivity index (χ4n) is 0.258. The Bertz CT molecular complexity index is 251. The normalized spacial score (nSPS) is 12.8. The van der Waals surface area contributed by atoms with E-state index >= 15 is 0 Å². The molecule has 0 spiro atoms. The molecule has 0 aromatic heterocycles. The van der Waals surface area contributed by atoms with E-state index in [4.69, 9.17) is 29.5 Å². The van der Waals surface area contributed by atoms with Crippen LogP contribution in [0.5, 0.6) is 0 Å². The van der Waals surface area contributed by atoms with Gasteiger partial charge in [0.1, 0.15) is 12.2 Å². The van der Waals surface area contributed by atoms with Crippen LogP contribution in [0, 0.1) is 0 Å². The van der Waals surface area contributed by atoms with Crippen molar-refractivity contribution in [2.24, 2.45) is 0 Å². The number of carbonyl (C=O) groups excluding carboxylic acids is 2. The fraction of sp³-hybridized carbons (Fsp3) is 0.500. The van der Waals surface area contributed by atoms with Crippen molar-refractivity contribution in [1.29, 1.82) is 0 Å². The van der Waals surface area contributed by atoms with Gasteiger partial charge in [-0.25, -0.2) is 0 Å². The van der Waals surface area contributed by atoms with Gasteiger partial charge in [0.05, 0.1) is 11.9 Å². The largest absolute Gasteiger partial charge is 2.00 e. The maximum absolute atomic E-state index is 9.63. The zero-order chi connectivity index (χ0) is 12.8. The van der Waals surface area contributed by atoms with Crippen molar-refractivity contribution in [3.63, 3.8) is 0 Å². The van der Waals surface area contributed by atoms with Crippen molar-refractivity contribution in [1.82, 2.24) is 0 Å². The van der Waals surface area contributed by atoms with E-state index in [1.165, 1.54) is 0 Å². The molecule has 0 fully saturated rings. The van der Waals surface area contributed by atoms with Crippen LogP contribution in [-0.4, -0.2) is 44.1 Å². The molecule has 0 aliphatic rings. The third-order valence-electron chi connectivity index (χ3n) is 0.782. The first-order valence-corrected chi connectivity index (χ1v) is 4.54. The van der Waals surface area contributed by atoms with Gasteiger partial charge in [-0.2, -0.15) is 0 Å². The van der Waals surface area contributed by atoms with E-state index < -0.39 is 32.0 Å². The Labute approximate surface area is 127 Å². The molecule has 0 aliphatic carbocycles. The maximum atomic E-state index is 9.63. The van der Waals surface area contributed by atoms with Gasteiger partial charge in [0.25, 0.3) is 7.82 Å². The average molecular weight is 327 g/mol. The second-order valence-corrected chi connectivity index (χ2v) is 3.00. The molecular weight excluding hydrogens is 321 g/mol. The molecule has 0 heterocycles. The van der Waals surface area contributed by atoms with Gasteiger partial charge in [-0.3, -0.25) is 4.57 Å². The van der Waals surface area contributed by atoms with E-state index in [0.29, 0.717) is 0 Å². The summed E-state index contributed by atoms with van der Waals surface area (Å²) >= 11 is 0. The summed E-state index contributed by atoms with van der Waals surface area (Å²) in [7, 11) is -4.89. The van der Waals surface area contributed by atoms with Gasteiger partial charge in [0, 0.05) is 0 Å². The van der Waals surface area contributed by atoms with Crippen molar-refractivity contribution >= 4 is 19.8 Å². The van der Waals surface area contributed by atoms with E-state index in [-0.39, 0.29) is 46.0 Å². The Kier molecular flexibility index (Phi) is 17.7. The molecule has 2 unspecified atom stereocenters. The number of hydrogen-bond donors (Lipinski definition) is 4.